The number of benzene rings is 1. The molecule has 2 aliphatic carbocycles. The zero-order valence-electron chi connectivity index (χ0n) is 12.7. The summed E-state index contributed by atoms with van der Waals surface area (Å²) in [5.74, 6) is 0. The minimum Gasteiger partial charge on any atom is -0.337 e. The molecular formula is C18H26N2O. The Hall–Kier alpha value is -1.51. The molecule has 3 rings (SSSR count). The number of rotatable bonds is 4. The normalized spacial score (nSPS) is 21.3. The molecule has 0 unspecified atom stereocenters. The minimum atomic E-state index is 0.0177. The van der Waals surface area contributed by atoms with Crippen molar-refractivity contribution in [1.82, 2.24) is 10.6 Å². The van der Waals surface area contributed by atoms with Gasteiger partial charge in [-0.25, -0.2) is 4.79 Å². The molecule has 2 aliphatic rings. The summed E-state index contributed by atoms with van der Waals surface area (Å²) in [6.07, 6.45) is 9.77. The van der Waals surface area contributed by atoms with Crippen LogP contribution < -0.4 is 10.6 Å². The van der Waals surface area contributed by atoms with Gasteiger partial charge in [0, 0.05) is 18.0 Å². The van der Waals surface area contributed by atoms with E-state index in [1.807, 2.05) is 6.07 Å². The molecule has 114 valence electrons. The van der Waals surface area contributed by atoms with Crippen LogP contribution in [0.1, 0.15) is 56.9 Å². The zero-order chi connectivity index (χ0) is 14.5. The van der Waals surface area contributed by atoms with E-state index in [9.17, 15) is 4.79 Å². The predicted molar refractivity (Wildman–Crippen MR) is 85.4 cm³/mol. The second-order valence-corrected chi connectivity index (χ2v) is 6.66. The summed E-state index contributed by atoms with van der Waals surface area (Å²) in [5.41, 5.74) is 1.56. The van der Waals surface area contributed by atoms with Crippen LogP contribution in [0.3, 0.4) is 0 Å². The molecule has 1 aromatic carbocycles. The Morgan fingerprint density at radius 1 is 1.05 bits per heavy atom. The molecule has 0 atom stereocenters. The molecule has 0 spiro atoms. The van der Waals surface area contributed by atoms with Crippen molar-refractivity contribution >= 4 is 6.03 Å². The Balaban J connectivity index is 1.47. The predicted octanol–water partition coefficient (Wildman–Crippen LogP) is 3.74. The van der Waals surface area contributed by atoms with Gasteiger partial charge in [-0.15, -0.1) is 0 Å². The molecule has 0 aliphatic heterocycles. The number of urea groups is 1. The summed E-state index contributed by atoms with van der Waals surface area (Å²) < 4.78 is 0. The monoisotopic (exact) mass is 286 g/mol. The second kappa shape index (κ2) is 6.50. The molecule has 0 heterocycles. The molecule has 0 radical (unpaired) electrons. The number of carbonyl (C=O) groups excluding carboxylic acids is 1. The lowest BCUT2D eigenvalue weighted by atomic mass is 9.96. The maximum atomic E-state index is 12.1. The number of hydrogen-bond acceptors (Lipinski definition) is 1. The standard InChI is InChI=1S/C18H26N2O/c21-17(20-16-10-6-1-2-7-11-16)19-14-18(12-13-18)15-8-4-3-5-9-15/h3-5,8-9,16H,1-2,6-7,10-14H2,(H2,19,20,21). The lowest BCUT2D eigenvalue weighted by molar-refractivity contribution is 0.234. The van der Waals surface area contributed by atoms with E-state index >= 15 is 0 Å². The van der Waals surface area contributed by atoms with E-state index in [2.05, 4.69) is 34.9 Å². The lowest BCUT2D eigenvalue weighted by Gasteiger charge is -2.20. The number of amides is 2. The molecule has 21 heavy (non-hydrogen) atoms. The van der Waals surface area contributed by atoms with Gasteiger partial charge >= 0.3 is 6.03 Å². The Morgan fingerprint density at radius 3 is 2.33 bits per heavy atom. The molecule has 2 amide bonds. The maximum absolute atomic E-state index is 12.1. The average Bonchev–Trinajstić information content (AvgIpc) is 3.32. The van der Waals surface area contributed by atoms with E-state index in [4.69, 9.17) is 0 Å². The summed E-state index contributed by atoms with van der Waals surface area (Å²) in [6, 6.07) is 11.0. The van der Waals surface area contributed by atoms with Crippen LogP contribution in [0.25, 0.3) is 0 Å². The van der Waals surface area contributed by atoms with Gasteiger partial charge in [0.2, 0.25) is 0 Å². The van der Waals surface area contributed by atoms with Crippen molar-refractivity contribution < 1.29 is 4.79 Å². The van der Waals surface area contributed by atoms with Crippen LogP contribution in [0.15, 0.2) is 30.3 Å². The molecule has 2 fully saturated rings. The van der Waals surface area contributed by atoms with Crippen molar-refractivity contribution in [2.45, 2.75) is 62.8 Å². The van der Waals surface area contributed by atoms with E-state index in [0.29, 0.717) is 6.04 Å². The van der Waals surface area contributed by atoms with Crippen LogP contribution in [0, 0.1) is 0 Å². The first-order valence-corrected chi connectivity index (χ1v) is 8.38. The Labute approximate surface area is 127 Å². The lowest BCUT2D eigenvalue weighted by Crippen LogP contribution is -2.44. The van der Waals surface area contributed by atoms with E-state index in [1.165, 1.54) is 44.1 Å². The minimum absolute atomic E-state index is 0.0177. The Kier molecular flexibility index (Phi) is 4.47. The number of carbonyl (C=O) groups is 1. The van der Waals surface area contributed by atoms with Gasteiger partial charge in [0.05, 0.1) is 0 Å². The topological polar surface area (TPSA) is 41.1 Å². The largest absolute Gasteiger partial charge is 0.337 e. The molecule has 0 bridgehead atoms. The third-order valence-electron chi connectivity index (χ3n) is 5.02. The molecule has 3 heteroatoms. The average molecular weight is 286 g/mol. The van der Waals surface area contributed by atoms with Gasteiger partial charge in [0.1, 0.15) is 0 Å². The summed E-state index contributed by atoms with van der Waals surface area (Å²) in [4.78, 5) is 12.1. The fourth-order valence-corrected chi connectivity index (χ4v) is 3.42. The summed E-state index contributed by atoms with van der Waals surface area (Å²) in [6.45, 7) is 0.759. The van der Waals surface area contributed by atoms with E-state index in [-0.39, 0.29) is 11.4 Å². The second-order valence-electron chi connectivity index (χ2n) is 6.66. The molecule has 2 N–H and O–H groups in total. The smallest absolute Gasteiger partial charge is 0.315 e. The van der Waals surface area contributed by atoms with Crippen molar-refractivity contribution in [3.63, 3.8) is 0 Å². The molecule has 0 aromatic heterocycles. The number of hydrogen-bond donors (Lipinski definition) is 2. The number of nitrogens with one attached hydrogen (secondary N) is 2. The van der Waals surface area contributed by atoms with Gasteiger partial charge in [-0.05, 0) is 31.2 Å². The van der Waals surface area contributed by atoms with Crippen molar-refractivity contribution in [3.05, 3.63) is 35.9 Å². The summed E-state index contributed by atoms with van der Waals surface area (Å²) in [5, 5.41) is 6.26. The Morgan fingerprint density at radius 2 is 1.71 bits per heavy atom. The van der Waals surface area contributed by atoms with Crippen LogP contribution in [0.2, 0.25) is 0 Å². The summed E-state index contributed by atoms with van der Waals surface area (Å²) >= 11 is 0. The van der Waals surface area contributed by atoms with Gasteiger partial charge < -0.3 is 10.6 Å². The van der Waals surface area contributed by atoms with Crippen molar-refractivity contribution in [1.29, 1.82) is 0 Å². The van der Waals surface area contributed by atoms with Gasteiger partial charge in [0.25, 0.3) is 0 Å². The maximum Gasteiger partial charge on any atom is 0.315 e. The highest BCUT2D eigenvalue weighted by molar-refractivity contribution is 5.74. The Bertz CT molecular complexity index is 459. The van der Waals surface area contributed by atoms with Gasteiger partial charge in [0.15, 0.2) is 0 Å². The first-order valence-electron chi connectivity index (χ1n) is 8.38. The van der Waals surface area contributed by atoms with Gasteiger partial charge in [-0.2, -0.15) is 0 Å². The third kappa shape index (κ3) is 3.78. The van der Waals surface area contributed by atoms with Crippen molar-refractivity contribution in [2.75, 3.05) is 6.54 Å². The zero-order valence-corrected chi connectivity index (χ0v) is 12.7. The van der Waals surface area contributed by atoms with Crippen LogP contribution in [0.4, 0.5) is 4.79 Å². The summed E-state index contributed by atoms with van der Waals surface area (Å²) in [7, 11) is 0. The molecular weight excluding hydrogens is 260 g/mol. The van der Waals surface area contributed by atoms with Crippen LogP contribution in [0.5, 0.6) is 0 Å². The molecule has 3 nitrogen and oxygen atoms in total. The first kappa shape index (κ1) is 14.4. The fourth-order valence-electron chi connectivity index (χ4n) is 3.42. The van der Waals surface area contributed by atoms with Crippen LogP contribution in [-0.2, 0) is 5.41 Å². The van der Waals surface area contributed by atoms with E-state index in [1.54, 1.807) is 0 Å². The molecule has 1 aromatic rings. The van der Waals surface area contributed by atoms with Crippen molar-refractivity contribution in [3.8, 4) is 0 Å². The quantitative estimate of drug-likeness (QED) is 0.813. The highest BCUT2D eigenvalue weighted by atomic mass is 16.2. The van der Waals surface area contributed by atoms with Crippen molar-refractivity contribution in [2.24, 2.45) is 0 Å². The fraction of sp³-hybridized carbons (Fsp3) is 0.611. The van der Waals surface area contributed by atoms with E-state index in [0.717, 1.165) is 19.4 Å². The van der Waals surface area contributed by atoms with Crippen LogP contribution >= 0.6 is 0 Å². The molecule has 0 saturated heterocycles. The van der Waals surface area contributed by atoms with E-state index < -0.39 is 0 Å². The van der Waals surface area contributed by atoms with Gasteiger partial charge in [-0.1, -0.05) is 56.0 Å². The SMILES string of the molecule is O=C(NCC1(c2ccccc2)CC1)NC1CCCCCC1. The van der Waals surface area contributed by atoms with Gasteiger partial charge in [-0.3, -0.25) is 0 Å². The first-order chi connectivity index (χ1) is 10.3. The highest BCUT2D eigenvalue weighted by Gasteiger charge is 2.44. The van der Waals surface area contributed by atoms with Crippen LogP contribution in [-0.4, -0.2) is 18.6 Å². The molecule has 2 saturated carbocycles. The highest BCUT2D eigenvalue weighted by Crippen LogP contribution is 2.47. The third-order valence-corrected chi connectivity index (χ3v) is 5.02.